The first-order valence-electron chi connectivity index (χ1n) is 10.8. The molecule has 2 aromatic heterocycles. The molecule has 6 heteroatoms. The maximum absolute atomic E-state index is 13.5. The van der Waals surface area contributed by atoms with E-state index in [2.05, 4.69) is 41.5 Å². The van der Waals surface area contributed by atoms with Gasteiger partial charge in [-0.15, -0.1) is 0 Å². The van der Waals surface area contributed by atoms with E-state index in [1.807, 2.05) is 36.4 Å². The van der Waals surface area contributed by atoms with Gasteiger partial charge in [0, 0.05) is 29.6 Å². The number of aromatic amines is 1. The predicted octanol–water partition coefficient (Wildman–Crippen LogP) is 5.12. The Hall–Kier alpha value is -4.03. The highest BCUT2D eigenvalue weighted by Gasteiger charge is 2.16. The van der Waals surface area contributed by atoms with Crippen LogP contribution in [0.25, 0.3) is 28.0 Å². The molecule has 0 radical (unpaired) electrons. The SMILES string of the molecule is Cc1ccc(CNCc2cc3c(-c4ccc(F)cc4)nn(-c4ccccc4)c3[nH]c2=O)cc1. The molecule has 0 amide bonds. The maximum atomic E-state index is 13.5. The molecule has 0 saturated heterocycles. The Balaban J connectivity index is 1.54. The largest absolute Gasteiger partial charge is 0.308 e. The quantitative estimate of drug-likeness (QED) is 0.387. The summed E-state index contributed by atoms with van der Waals surface area (Å²) in [6.45, 7) is 3.13. The standard InChI is InChI=1S/C27H23FN4O/c1-18-7-9-19(10-8-18)16-29-17-21-15-24-25(20-11-13-22(28)14-12-20)31-32(26(24)30-27(21)33)23-5-3-2-4-6-23/h2-15,29H,16-17H2,1H3,(H,30,33). The van der Waals surface area contributed by atoms with Crippen molar-refractivity contribution in [1.29, 1.82) is 0 Å². The number of aryl methyl sites for hydroxylation is 1. The number of H-pyrrole nitrogens is 1. The first-order chi connectivity index (χ1) is 16.1. The van der Waals surface area contributed by atoms with Crippen molar-refractivity contribution in [1.82, 2.24) is 20.1 Å². The Kier molecular flexibility index (Phi) is 5.59. The van der Waals surface area contributed by atoms with Crippen LogP contribution in [0.3, 0.4) is 0 Å². The van der Waals surface area contributed by atoms with Crippen LogP contribution in [0.2, 0.25) is 0 Å². The van der Waals surface area contributed by atoms with Gasteiger partial charge in [-0.3, -0.25) is 4.79 Å². The van der Waals surface area contributed by atoms with Gasteiger partial charge in [0.1, 0.15) is 17.2 Å². The third kappa shape index (κ3) is 4.33. The lowest BCUT2D eigenvalue weighted by molar-refractivity contribution is 0.628. The highest BCUT2D eigenvalue weighted by Crippen LogP contribution is 2.29. The zero-order valence-electron chi connectivity index (χ0n) is 18.2. The van der Waals surface area contributed by atoms with E-state index in [1.165, 1.54) is 17.7 Å². The van der Waals surface area contributed by atoms with Gasteiger partial charge in [0.2, 0.25) is 0 Å². The van der Waals surface area contributed by atoms with Crippen LogP contribution in [-0.4, -0.2) is 14.8 Å². The van der Waals surface area contributed by atoms with Gasteiger partial charge in [-0.1, -0.05) is 48.0 Å². The lowest BCUT2D eigenvalue weighted by Crippen LogP contribution is -2.21. The molecule has 0 aliphatic rings. The molecule has 0 saturated carbocycles. The molecule has 33 heavy (non-hydrogen) atoms. The summed E-state index contributed by atoms with van der Waals surface area (Å²) in [6, 6.07) is 26.0. The molecule has 3 aromatic carbocycles. The van der Waals surface area contributed by atoms with Crippen molar-refractivity contribution in [2.75, 3.05) is 0 Å². The van der Waals surface area contributed by atoms with Crippen molar-refractivity contribution < 1.29 is 4.39 Å². The molecule has 5 rings (SSSR count). The van der Waals surface area contributed by atoms with E-state index in [-0.39, 0.29) is 11.4 Å². The van der Waals surface area contributed by atoms with Crippen LogP contribution in [0, 0.1) is 12.7 Å². The molecule has 5 aromatic rings. The highest BCUT2D eigenvalue weighted by molar-refractivity contribution is 5.92. The number of nitrogens with one attached hydrogen (secondary N) is 2. The molecule has 2 heterocycles. The summed E-state index contributed by atoms with van der Waals surface area (Å²) in [5.74, 6) is -0.306. The van der Waals surface area contributed by atoms with Crippen LogP contribution < -0.4 is 10.9 Å². The van der Waals surface area contributed by atoms with Gasteiger partial charge in [0.05, 0.1) is 5.69 Å². The Bertz CT molecular complexity index is 1450. The van der Waals surface area contributed by atoms with Gasteiger partial charge in [0.15, 0.2) is 0 Å². The van der Waals surface area contributed by atoms with E-state index < -0.39 is 0 Å². The second-order valence-corrected chi connectivity index (χ2v) is 8.08. The summed E-state index contributed by atoms with van der Waals surface area (Å²) in [6.07, 6.45) is 0. The van der Waals surface area contributed by atoms with Crippen molar-refractivity contribution in [3.63, 3.8) is 0 Å². The van der Waals surface area contributed by atoms with Gasteiger partial charge in [-0.2, -0.15) is 5.10 Å². The second-order valence-electron chi connectivity index (χ2n) is 8.08. The lowest BCUT2D eigenvalue weighted by Gasteiger charge is -2.07. The predicted molar refractivity (Wildman–Crippen MR) is 129 cm³/mol. The van der Waals surface area contributed by atoms with E-state index in [9.17, 15) is 9.18 Å². The molecule has 0 atom stereocenters. The normalized spacial score (nSPS) is 11.2. The van der Waals surface area contributed by atoms with E-state index in [0.29, 0.717) is 30.0 Å². The Morgan fingerprint density at radius 1 is 0.939 bits per heavy atom. The van der Waals surface area contributed by atoms with Crippen LogP contribution in [-0.2, 0) is 13.1 Å². The smallest absolute Gasteiger partial charge is 0.254 e. The van der Waals surface area contributed by atoms with Gasteiger partial charge in [-0.05, 0) is 55.0 Å². The number of pyridine rings is 1. The summed E-state index contributed by atoms with van der Waals surface area (Å²) in [7, 11) is 0. The molecule has 0 unspecified atom stereocenters. The lowest BCUT2D eigenvalue weighted by atomic mass is 10.1. The minimum Gasteiger partial charge on any atom is -0.308 e. The average Bonchev–Trinajstić information content (AvgIpc) is 3.19. The fourth-order valence-electron chi connectivity index (χ4n) is 3.87. The molecule has 0 aliphatic carbocycles. The summed E-state index contributed by atoms with van der Waals surface area (Å²) in [5.41, 5.74) is 5.72. The first kappa shape index (κ1) is 20.8. The summed E-state index contributed by atoms with van der Waals surface area (Å²) >= 11 is 0. The van der Waals surface area contributed by atoms with Crippen molar-refractivity contribution in [3.8, 4) is 16.9 Å². The number of rotatable bonds is 6. The Morgan fingerprint density at radius 3 is 2.39 bits per heavy atom. The van der Waals surface area contributed by atoms with Crippen molar-refractivity contribution >= 4 is 11.0 Å². The molecule has 0 spiro atoms. The van der Waals surface area contributed by atoms with Gasteiger partial charge in [-0.25, -0.2) is 9.07 Å². The average molecular weight is 439 g/mol. The fraction of sp³-hybridized carbons (Fsp3) is 0.111. The molecule has 0 aliphatic heterocycles. The number of halogens is 1. The minimum atomic E-state index is -0.306. The molecule has 164 valence electrons. The van der Waals surface area contributed by atoms with Crippen LogP contribution in [0.15, 0.2) is 89.7 Å². The zero-order chi connectivity index (χ0) is 22.8. The number of hydrogen-bond acceptors (Lipinski definition) is 3. The van der Waals surface area contributed by atoms with Crippen molar-refractivity contribution in [2.24, 2.45) is 0 Å². The molecular weight excluding hydrogens is 415 g/mol. The molecule has 0 fully saturated rings. The van der Waals surface area contributed by atoms with Crippen LogP contribution in [0.4, 0.5) is 4.39 Å². The van der Waals surface area contributed by atoms with Gasteiger partial charge in [0.25, 0.3) is 5.56 Å². The van der Waals surface area contributed by atoms with Crippen molar-refractivity contribution in [2.45, 2.75) is 20.0 Å². The number of para-hydroxylation sites is 1. The molecule has 5 nitrogen and oxygen atoms in total. The van der Waals surface area contributed by atoms with E-state index in [4.69, 9.17) is 5.10 Å². The number of benzene rings is 3. The van der Waals surface area contributed by atoms with E-state index >= 15 is 0 Å². The Labute approximate surface area is 190 Å². The zero-order valence-corrected chi connectivity index (χ0v) is 18.2. The highest BCUT2D eigenvalue weighted by atomic mass is 19.1. The van der Waals surface area contributed by atoms with Gasteiger partial charge >= 0.3 is 0 Å². The topological polar surface area (TPSA) is 62.7 Å². The fourth-order valence-corrected chi connectivity index (χ4v) is 3.87. The number of fused-ring (bicyclic) bond motifs is 1. The van der Waals surface area contributed by atoms with Gasteiger partial charge < -0.3 is 10.3 Å². The molecule has 2 N–H and O–H groups in total. The third-order valence-electron chi connectivity index (χ3n) is 5.65. The summed E-state index contributed by atoms with van der Waals surface area (Å²) in [4.78, 5) is 15.9. The van der Waals surface area contributed by atoms with Crippen molar-refractivity contribution in [3.05, 3.63) is 118 Å². The summed E-state index contributed by atoms with van der Waals surface area (Å²) < 4.78 is 15.2. The minimum absolute atomic E-state index is 0.165. The second kappa shape index (κ2) is 8.84. The summed E-state index contributed by atoms with van der Waals surface area (Å²) in [5, 5.41) is 8.94. The first-order valence-corrected chi connectivity index (χ1v) is 10.8. The number of hydrogen-bond donors (Lipinski definition) is 2. The third-order valence-corrected chi connectivity index (χ3v) is 5.65. The number of nitrogens with zero attached hydrogens (tertiary/aromatic N) is 2. The van der Waals surface area contributed by atoms with Crippen LogP contribution in [0.5, 0.6) is 0 Å². The molecule has 0 bridgehead atoms. The van der Waals surface area contributed by atoms with Crippen LogP contribution >= 0.6 is 0 Å². The Morgan fingerprint density at radius 2 is 1.67 bits per heavy atom. The van der Waals surface area contributed by atoms with Crippen LogP contribution in [0.1, 0.15) is 16.7 Å². The van der Waals surface area contributed by atoms with E-state index in [0.717, 1.165) is 22.2 Å². The maximum Gasteiger partial charge on any atom is 0.254 e. The monoisotopic (exact) mass is 438 g/mol. The van der Waals surface area contributed by atoms with E-state index in [1.54, 1.807) is 16.8 Å². The number of aromatic nitrogens is 3. The molecular formula is C27H23FN4O.